The number of aryl methyl sites for hydroxylation is 1. The van der Waals surface area contributed by atoms with E-state index < -0.39 is 0 Å². The van der Waals surface area contributed by atoms with E-state index in [1.807, 2.05) is 24.3 Å². The van der Waals surface area contributed by atoms with Gasteiger partial charge in [-0.2, -0.15) is 0 Å². The lowest BCUT2D eigenvalue weighted by Gasteiger charge is -2.07. The largest absolute Gasteiger partial charge is 0.497 e. The van der Waals surface area contributed by atoms with Gasteiger partial charge in [-0.1, -0.05) is 11.6 Å². The molecule has 0 aliphatic rings. The smallest absolute Gasteiger partial charge is 0.220 e. The number of ether oxygens (including phenoxy) is 2. The number of halogens is 1. The average molecular weight is 401 g/mol. The van der Waals surface area contributed by atoms with Crippen molar-refractivity contribution in [1.29, 1.82) is 0 Å². The van der Waals surface area contributed by atoms with Crippen molar-refractivity contribution in [2.75, 3.05) is 20.3 Å². The molecule has 0 atom stereocenters. The van der Waals surface area contributed by atoms with E-state index in [2.05, 4.69) is 10.3 Å². The third-order valence-corrected chi connectivity index (χ3v) is 4.25. The highest BCUT2D eigenvalue weighted by Crippen LogP contribution is 2.23. The van der Waals surface area contributed by atoms with Crippen molar-refractivity contribution < 1.29 is 18.7 Å². The number of carbonyl (C=O) groups excluding carboxylic acids is 1. The van der Waals surface area contributed by atoms with Gasteiger partial charge in [-0.05, 0) is 48.5 Å². The molecule has 3 rings (SSSR count). The molecule has 3 aromatic rings. The maximum absolute atomic E-state index is 12.0. The Balaban J connectivity index is 1.38. The number of benzene rings is 2. The number of rotatable bonds is 9. The first-order valence-electron chi connectivity index (χ1n) is 8.88. The molecule has 2 aromatic carbocycles. The molecule has 1 aromatic heterocycles. The van der Waals surface area contributed by atoms with E-state index in [-0.39, 0.29) is 5.91 Å². The zero-order valence-electron chi connectivity index (χ0n) is 15.5. The maximum atomic E-state index is 12.0. The topological polar surface area (TPSA) is 73.6 Å². The van der Waals surface area contributed by atoms with Crippen molar-refractivity contribution in [3.63, 3.8) is 0 Å². The van der Waals surface area contributed by atoms with E-state index in [0.717, 1.165) is 11.3 Å². The van der Waals surface area contributed by atoms with Crippen molar-refractivity contribution in [1.82, 2.24) is 10.3 Å². The van der Waals surface area contributed by atoms with Crippen LogP contribution in [-0.2, 0) is 11.2 Å². The zero-order valence-corrected chi connectivity index (χ0v) is 16.2. The molecule has 0 bridgehead atoms. The molecule has 0 saturated carbocycles. The molecule has 0 spiro atoms. The number of oxazole rings is 1. The molecule has 28 heavy (non-hydrogen) atoms. The minimum atomic E-state index is -0.0797. The van der Waals surface area contributed by atoms with Crippen molar-refractivity contribution in [2.24, 2.45) is 0 Å². The summed E-state index contributed by atoms with van der Waals surface area (Å²) in [5.41, 5.74) is 0.906. The summed E-state index contributed by atoms with van der Waals surface area (Å²) in [5, 5.41) is 3.47. The van der Waals surface area contributed by atoms with Gasteiger partial charge in [0.15, 0.2) is 11.7 Å². The van der Waals surface area contributed by atoms with Crippen LogP contribution >= 0.6 is 11.6 Å². The van der Waals surface area contributed by atoms with Crippen molar-refractivity contribution >= 4 is 17.5 Å². The number of hydrogen-bond donors (Lipinski definition) is 1. The van der Waals surface area contributed by atoms with Crippen LogP contribution in [0.5, 0.6) is 11.5 Å². The lowest BCUT2D eigenvalue weighted by Crippen LogP contribution is -2.28. The van der Waals surface area contributed by atoms with Crippen molar-refractivity contribution in [3.8, 4) is 22.8 Å². The van der Waals surface area contributed by atoms with Crippen molar-refractivity contribution in [2.45, 2.75) is 12.8 Å². The number of amides is 1. The Bertz CT molecular complexity index is 892. The SMILES string of the molecule is COc1ccc(-c2cnc(CCC(=O)NCCOc3ccc(Cl)cc3)o2)cc1. The molecular formula is C21H21ClN2O4. The first kappa shape index (κ1) is 19.8. The summed E-state index contributed by atoms with van der Waals surface area (Å²) < 4.78 is 16.4. The predicted octanol–water partition coefficient (Wildman–Crippen LogP) is 4.13. The molecule has 6 nitrogen and oxygen atoms in total. The van der Waals surface area contributed by atoms with Gasteiger partial charge in [0.25, 0.3) is 0 Å². The van der Waals surface area contributed by atoms with Crippen LogP contribution in [0.4, 0.5) is 0 Å². The van der Waals surface area contributed by atoms with Gasteiger partial charge in [0.05, 0.1) is 19.9 Å². The summed E-state index contributed by atoms with van der Waals surface area (Å²) in [6.45, 7) is 0.804. The van der Waals surface area contributed by atoms with Gasteiger partial charge in [0, 0.05) is 23.4 Å². The van der Waals surface area contributed by atoms with Gasteiger partial charge in [0.2, 0.25) is 5.91 Å². The minimum Gasteiger partial charge on any atom is -0.497 e. The van der Waals surface area contributed by atoms with Gasteiger partial charge in [-0.25, -0.2) is 4.98 Å². The number of nitrogens with zero attached hydrogens (tertiary/aromatic N) is 1. The standard InChI is InChI=1S/C21H21ClN2O4/c1-26-17-6-2-15(3-7-17)19-14-24-21(28-19)11-10-20(25)23-12-13-27-18-8-4-16(22)5-9-18/h2-9,14H,10-13H2,1H3,(H,23,25). The Morgan fingerprint density at radius 3 is 2.54 bits per heavy atom. The summed E-state index contributed by atoms with van der Waals surface area (Å²) >= 11 is 5.82. The number of methoxy groups -OCH3 is 1. The van der Waals surface area contributed by atoms with E-state index >= 15 is 0 Å². The quantitative estimate of drug-likeness (QED) is 0.546. The number of carbonyl (C=O) groups is 1. The Kier molecular flexibility index (Phi) is 6.92. The fourth-order valence-corrected chi connectivity index (χ4v) is 2.64. The molecule has 0 unspecified atom stereocenters. The summed E-state index contributed by atoms with van der Waals surface area (Å²) in [5.74, 6) is 2.60. The van der Waals surface area contributed by atoms with Gasteiger partial charge in [-0.15, -0.1) is 0 Å². The van der Waals surface area contributed by atoms with E-state index in [4.69, 9.17) is 25.5 Å². The second-order valence-corrected chi connectivity index (χ2v) is 6.44. The van der Waals surface area contributed by atoms with Crippen LogP contribution in [0, 0.1) is 0 Å². The average Bonchev–Trinajstić information content (AvgIpc) is 3.20. The van der Waals surface area contributed by atoms with Crippen LogP contribution in [-0.4, -0.2) is 31.2 Å². The summed E-state index contributed by atoms with van der Waals surface area (Å²) in [4.78, 5) is 16.2. The molecular weight excluding hydrogens is 380 g/mol. The summed E-state index contributed by atoms with van der Waals surface area (Å²) in [6.07, 6.45) is 2.39. The van der Waals surface area contributed by atoms with Crippen LogP contribution in [0.15, 0.2) is 59.1 Å². The molecule has 0 aliphatic carbocycles. The third-order valence-electron chi connectivity index (χ3n) is 4.00. The highest BCUT2D eigenvalue weighted by atomic mass is 35.5. The number of nitrogens with one attached hydrogen (secondary N) is 1. The molecule has 0 fully saturated rings. The van der Waals surface area contributed by atoms with Crippen LogP contribution in [0.1, 0.15) is 12.3 Å². The molecule has 146 valence electrons. The third kappa shape index (κ3) is 5.76. The number of hydrogen-bond acceptors (Lipinski definition) is 5. The zero-order chi connectivity index (χ0) is 19.8. The Hall–Kier alpha value is -2.99. The fourth-order valence-electron chi connectivity index (χ4n) is 2.51. The van der Waals surface area contributed by atoms with Crippen LogP contribution < -0.4 is 14.8 Å². The molecule has 1 heterocycles. The highest BCUT2D eigenvalue weighted by molar-refractivity contribution is 6.30. The Labute approximate surface area is 168 Å². The molecule has 0 aliphatic heterocycles. The predicted molar refractivity (Wildman–Crippen MR) is 107 cm³/mol. The highest BCUT2D eigenvalue weighted by Gasteiger charge is 2.09. The lowest BCUT2D eigenvalue weighted by molar-refractivity contribution is -0.121. The fraction of sp³-hybridized carbons (Fsp3) is 0.238. The van der Waals surface area contributed by atoms with Crippen LogP contribution in [0.3, 0.4) is 0 Å². The maximum Gasteiger partial charge on any atom is 0.220 e. The summed E-state index contributed by atoms with van der Waals surface area (Å²) in [7, 11) is 1.62. The van der Waals surface area contributed by atoms with Gasteiger partial charge in [-0.3, -0.25) is 4.79 Å². The molecule has 7 heteroatoms. The van der Waals surface area contributed by atoms with Gasteiger partial charge < -0.3 is 19.2 Å². The van der Waals surface area contributed by atoms with Gasteiger partial charge in [0.1, 0.15) is 18.1 Å². The molecule has 0 saturated heterocycles. The van der Waals surface area contributed by atoms with Crippen molar-refractivity contribution in [3.05, 3.63) is 65.6 Å². The van der Waals surface area contributed by atoms with Crippen LogP contribution in [0.2, 0.25) is 5.02 Å². The van der Waals surface area contributed by atoms with E-state index in [0.29, 0.717) is 48.4 Å². The monoisotopic (exact) mass is 400 g/mol. The lowest BCUT2D eigenvalue weighted by atomic mass is 10.2. The second kappa shape index (κ2) is 9.80. The normalized spacial score (nSPS) is 10.5. The van der Waals surface area contributed by atoms with E-state index in [1.165, 1.54) is 0 Å². The summed E-state index contributed by atoms with van der Waals surface area (Å²) in [6, 6.07) is 14.6. The Morgan fingerprint density at radius 1 is 1.11 bits per heavy atom. The second-order valence-electron chi connectivity index (χ2n) is 6.00. The van der Waals surface area contributed by atoms with E-state index in [9.17, 15) is 4.79 Å². The Morgan fingerprint density at radius 2 is 1.82 bits per heavy atom. The number of aromatic nitrogens is 1. The first-order chi connectivity index (χ1) is 13.6. The van der Waals surface area contributed by atoms with E-state index in [1.54, 1.807) is 37.6 Å². The molecule has 1 amide bonds. The molecule has 0 radical (unpaired) electrons. The molecule has 1 N–H and O–H groups in total. The first-order valence-corrected chi connectivity index (χ1v) is 9.26. The van der Waals surface area contributed by atoms with Crippen LogP contribution in [0.25, 0.3) is 11.3 Å². The van der Waals surface area contributed by atoms with Gasteiger partial charge >= 0.3 is 0 Å². The minimum absolute atomic E-state index is 0.0797.